The summed E-state index contributed by atoms with van der Waals surface area (Å²) in [6.07, 6.45) is 2.33. The molecule has 1 aliphatic rings. The van der Waals surface area contributed by atoms with Gasteiger partial charge in [0.1, 0.15) is 0 Å². The van der Waals surface area contributed by atoms with Gasteiger partial charge in [0, 0.05) is 11.1 Å². The van der Waals surface area contributed by atoms with Crippen molar-refractivity contribution in [1.29, 1.82) is 0 Å². The minimum atomic E-state index is 0.0880. The van der Waals surface area contributed by atoms with Crippen molar-refractivity contribution < 1.29 is 5.11 Å². The van der Waals surface area contributed by atoms with Gasteiger partial charge in [0.05, 0.1) is 6.61 Å². The van der Waals surface area contributed by atoms with E-state index in [1.54, 1.807) is 0 Å². The summed E-state index contributed by atoms with van der Waals surface area (Å²) in [7, 11) is 0. The van der Waals surface area contributed by atoms with E-state index in [2.05, 4.69) is 5.32 Å². The van der Waals surface area contributed by atoms with E-state index in [4.69, 9.17) is 11.6 Å². The monoisotopic (exact) mass is 211 g/mol. The van der Waals surface area contributed by atoms with E-state index >= 15 is 0 Å². The molecule has 2 N–H and O–H groups in total. The molecule has 1 fully saturated rings. The first-order chi connectivity index (χ1) is 6.81. The van der Waals surface area contributed by atoms with Crippen LogP contribution in [-0.4, -0.2) is 11.7 Å². The van der Waals surface area contributed by atoms with Crippen LogP contribution in [0.25, 0.3) is 0 Å². The van der Waals surface area contributed by atoms with Crippen LogP contribution < -0.4 is 5.32 Å². The Morgan fingerprint density at radius 1 is 1.50 bits per heavy atom. The number of aliphatic hydroxyl groups excluding tert-OH is 1. The molecule has 0 spiro atoms. The predicted molar refractivity (Wildman–Crippen MR) is 57.4 cm³/mol. The van der Waals surface area contributed by atoms with Crippen molar-refractivity contribution in [2.24, 2.45) is 0 Å². The van der Waals surface area contributed by atoms with E-state index in [-0.39, 0.29) is 6.61 Å². The van der Waals surface area contributed by atoms with E-state index in [1.165, 1.54) is 6.42 Å². The summed E-state index contributed by atoms with van der Waals surface area (Å²) in [5.74, 6) is 0. The fourth-order valence-corrected chi connectivity index (χ4v) is 2.16. The van der Waals surface area contributed by atoms with Gasteiger partial charge in [0.15, 0.2) is 0 Å². The molecule has 2 nitrogen and oxygen atoms in total. The minimum Gasteiger partial charge on any atom is -0.392 e. The lowest BCUT2D eigenvalue weighted by molar-refractivity contribution is 0.279. The third kappa shape index (κ3) is 1.92. The Hall–Kier alpha value is -0.570. The third-order valence-electron chi connectivity index (χ3n) is 2.71. The molecule has 1 saturated heterocycles. The molecule has 1 aromatic carbocycles. The molecule has 1 aliphatic heterocycles. The molecule has 1 unspecified atom stereocenters. The summed E-state index contributed by atoms with van der Waals surface area (Å²) in [5.41, 5.74) is 2.13. The highest BCUT2D eigenvalue weighted by Crippen LogP contribution is 2.28. The maximum absolute atomic E-state index is 9.20. The van der Waals surface area contributed by atoms with Crippen molar-refractivity contribution in [1.82, 2.24) is 5.32 Å². The molecule has 0 amide bonds. The number of hydrogen-bond donors (Lipinski definition) is 2. The first kappa shape index (κ1) is 9.97. The summed E-state index contributed by atoms with van der Waals surface area (Å²) in [6, 6.07) is 6.05. The first-order valence-corrected chi connectivity index (χ1v) is 5.31. The molecule has 0 bridgehead atoms. The minimum absolute atomic E-state index is 0.0880. The maximum atomic E-state index is 9.20. The Bertz CT molecular complexity index is 321. The van der Waals surface area contributed by atoms with E-state index < -0.39 is 0 Å². The fourth-order valence-electron chi connectivity index (χ4n) is 1.98. The second-order valence-corrected chi connectivity index (χ2v) is 4.09. The molecule has 1 aromatic rings. The molecule has 0 radical (unpaired) electrons. The van der Waals surface area contributed by atoms with Gasteiger partial charge in [0.25, 0.3) is 0 Å². The zero-order valence-electron chi connectivity index (χ0n) is 7.96. The number of rotatable bonds is 2. The Balaban J connectivity index is 2.33. The van der Waals surface area contributed by atoms with Crippen LogP contribution in [-0.2, 0) is 6.61 Å². The van der Waals surface area contributed by atoms with Crippen LogP contribution in [0, 0.1) is 0 Å². The largest absolute Gasteiger partial charge is 0.392 e. The molecule has 2 rings (SSSR count). The van der Waals surface area contributed by atoms with Crippen molar-refractivity contribution in [2.75, 3.05) is 6.54 Å². The zero-order valence-corrected chi connectivity index (χ0v) is 8.72. The van der Waals surface area contributed by atoms with Crippen LogP contribution in [0.4, 0.5) is 0 Å². The second kappa shape index (κ2) is 4.30. The fraction of sp³-hybridized carbons (Fsp3) is 0.455. The Labute approximate surface area is 88.9 Å². The second-order valence-electron chi connectivity index (χ2n) is 3.65. The van der Waals surface area contributed by atoms with Gasteiger partial charge in [-0.15, -0.1) is 0 Å². The average molecular weight is 212 g/mol. The summed E-state index contributed by atoms with van der Waals surface area (Å²) in [4.78, 5) is 0. The molecule has 1 atom stereocenters. The van der Waals surface area contributed by atoms with Crippen LogP contribution >= 0.6 is 11.6 Å². The number of halogens is 1. The van der Waals surface area contributed by atoms with Crippen molar-refractivity contribution in [3.63, 3.8) is 0 Å². The van der Waals surface area contributed by atoms with Gasteiger partial charge in [-0.25, -0.2) is 0 Å². The summed E-state index contributed by atoms with van der Waals surface area (Å²) in [5, 5.41) is 13.3. The average Bonchev–Trinajstić information content (AvgIpc) is 2.70. The van der Waals surface area contributed by atoms with Gasteiger partial charge >= 0.3 is 0 Å². The van der Waals surface area contributed by atoms with Gasteiger partial charge in [-0.2, -0.15) is 0 Å². The van der Waals surface area contributed by atoms with E-state index in [0.29, 0.717) is 6.04 Å². The Kier molecular flexibility index (Phi) is 3.06. The van der Waals surface area contributed by atoms with Gasteiger partial charge in [-0.3, -0.25) is 0 Å². The van der Waals surface area contributed by atoms with Crippen LogP contribution in [0.2, 0.25) is 5.02 Å². The quantitative estimate of drug-likeness (QED) is 0.787. The van der Waals surface area contributed by atoms with Gasteiger partial charge in [-0.05, 0) is 42.6 Å². The van der Waals surface area contributed by atoms with E-state index in [9.17, 15) is 5.11 Å². The molecule has 1 heterocycles. The van der Waals surface area contributed by atoms with E-state index in [0.717, 1.165) is 29.1 Å². The van der Waals surface area contributed by atoms with Gasteiger partial charge in [0.2, 0.25) is 0 Å². The van der Waals surface area contributed by atoms with Crippen LogP contribution in [0.1, 0.15) is 30.0 Å². The molecular formula is C11H14ClNO. The van der Waals surface area contributed by atoms with Gasteiger partial charge in [-0.1, -0.05) is 17.7 Å². The van der Waals surface area contributed by atoms with E-state index in [1.807, 2.05) is 18.2 Å². The zero-order chi connectivity index (χ0) is 9.97. The summed E-state index contributed by atoms with van der Waals surface area (Å²) < 4.78 is 0. The topological polar surface area (TPSA) is 32.3 Å². The van der Waals surface area contributed by atoms with Crippen molar-refractivity contribution >= 4 is 11.6 Å². The molecular weight excluding hydrogens is 198 g/mol. The maximum Gasteiger partial charge on any atom is 0.0685 e. The normalized spacial score (nSPS) is 21.4. The standard InChI is InChI=1S/C11H14ClNO/c12-9-4-3-8(7-14)10(6-9)11-2-1-5-13-11/h3-4,6,11,13-14H,1-2,5,7H2. The molecule has 14 heavy (non-hydrogen) atoms. The number of nitrogens with one attached hydrogen (secondary N) is 1. The summed E-state index contributed by atoms with van der Waals surface area (Å²) >= 11 is 5.94. The lowest BCUT2D eigenvalue weighted by Crippen LogP contribution is -2.14. The smallest absolute Gasteiger partial charge is 0.0685 e. The number of aliphatic hydroxyl groups is 1. The van der Waals surface area contributed by atoms with Crippen molar-refractivity contribution in [2.45, 2.75) is 25.5 Å². The lowest BCUT2D eigenvalue weighted by atomic mass is 10.00. The van der Waals surface area contributed by atoms with Crippen molar-refractivity contribution in [3.05, 3.63) is 34.3 Å². The highest BCUT2D eigenvalue weighted by molar-refractivity contribution is 6.30. The summed E-state index contributed by atoms with van der Waals surface area (Å²) in [6.45, 7) is 1.15. The third-order valence-corrected chi connectivity index (χ3v) is 2.95. The van der Waals surface area contributed by atoms with Crippen molar-refractivity contribution in [3.8, 4) is 0 Å². The molecule has 3 heteroatoms. The van der Waals surface area contributed by atoms with Crippen LogP contribution in [0.15, 0.2) is 18.2 Å². The molecule has 0 aliphatic carbocycles. The predicted octanol–water partition coefficient (Wildman–Crippen LogP) is 2.26. The molecule has 76 valence electrons. The molecule has 0 aromatic heterocycles. The molecule has 0 saturated carbocycles. The number of benzene rings is 1. The first-order valence-electron chi connectivity index (χ1n) is 4.94. The number of hydrogen-bond acceptors (Lipinski definition) is 2. The van der Waals surface area contributed by atoms with Crippen LogP contribution in [0.5, 0.6) is 0 Å². The Morgan fingerprint density at radius 2 is 2.36 bits per heavy atom. The van der Waals surface area contributed by atoms with Gasteiger partial charge < -0.3 is 10.4 Å². The highest BCUT2D eigenvalue weighted by atomic mass is 35.5. The SMILES string of the molecule is OCc1ccc(Cl)cc1C1CCCN1. The Morgan fingerprint density at radius 3 is 3.00 bits per heavy atom. The highest BCUT2D eigenvalue weighted by Gasteiger charge is 2.18. The van der Waals surface area contributed by atoms with Crippen LogP contribution in [0.3, 0.4) is 0 Å². The lowest BCUT2D eigenvalue weighted by Gasteiger charge is -2.14.